The van der Waals surface area contributed by atoms with Crippen LogP contribution in [-0.4, -0.2) is 59.5 Å². The number of rotatable bonds is 6. The predicted molar refractivity (Wildman–Crippen MR) is 117 cm³/mol. The van der Waals surface area contributed by atoms with Crippen LogP contribution in [0.15, 0.2) is 48.5 Å². The van der Waals surface area contributed by atoms with Gasteiger partial charge in [0.25, 0.3) is 5.91 Å². The summed E-state index contributed by atoms with van der Waals surface area (Å²) in [7, 11) is 1.66. The van der Waals surface area contributed by atoms with Crippen molar-refractivity contribution in [3.63, 3.8) is 0 Å². The fourth-order valence-corrected chi connectivity index (χ4v) is 3.54. The average Bonchev–Trinajstić information content (AvgIpc) is 3.27. The van der Waals surface area contributed by atoms with Gasteiger partial charge in [-0.25, -0.2) is 0 Å². The van der Waals surface area contributed by atoms with Crippen molar-refractivity contribution >= 4 is 23.1 Å². The zero-order valence-electron chi connectivity index (χ0n) is 17.3. The van der Waals surface area contributed by atoms with Gasteiger partial charge in [-0.15, -0.1) is 10.2 Å². The van der Waals surface area contributed by atoms with Gasteiger partial charge < -0.3 is 19.9 Å². The maximum Gasteiger partial charge on any atom is 0.278 e. The molecule has 1 aliphatic heterocycles. The normalized spacial score (nSPS) is 13.9. The molecule has 1 aliphatic rings. The Hall–Kier alpha value is -3.55. The number of carbonyl (C=O) groups is 1. The molecule has 1 aromatic heterocycles. The maximum atomic E-state index is 13.0. The number of anilines is 3. The second kappa shape index (κ2) is 8.86. The van der Waals surface area contributed by atoms with Gasteiger partial charge in [-0.1, -0.05) is 19.1 Å². The summed E-state index contributed by atoms with van der Waals surface area (Å²) in [6.45, 7) is 4.89. The summed E-state index contributed by atoms with van der Waals surface area (Å²) in [6.07, 6.45) is 0.983. The van der Waals surface area contributed by atoms with Crippen molar-refractivity contribution in [2.75, 3.05) is 43.5 Å². The smallest absolute Gasteiger partial charge is 0.278 e. The summed E-state index contributed by atoms with van der Waals surface area (Å²) < 4.78 is 5.22. The highest BCUT2D eigenvalue weighted by atomic mass is 16.5. The predicted octanol–water partition coefficient (Wildman–Crippen LogP) is 3.08. The molecule has 30 heavy (non-hydrogen) atoms. The summed E-state index contributed by atoms with van der Waals surface area (Å²) in [5.41, 5.74) is 3.57. The summed E-state index contributed by atoms with van der Waals surface area (Å²) in [6, 6.07) is 16.1. The van der Waals surface area contributed by atoms with E-state index in [4.69, 9.17) is 4.74 Å². The van der Waals surface area contributed by atoms with Gasteiger partial charge in [0, 0.05) is 37.6 Å². The van der Waals surface area contributed by atoms with Gasteiger partial charge in [0.15, 0.2) is 11.5 Å². The van der Waals surface area contributed by atoms with Crippen molar-refractivity contribution in [1.29, 1.82) is 0 Å². The summed E-state index contributed by atoms with van der Waals surface area (Å²) >= 11 is 0. The van der Waals surface area contributed by atoms with E-state index in [9.17, 15) is 4.79 Å². The van der Waals surface area contributed by atoms with Crippen LogP contribution in [0.1, 0.15) is 23.0 Å². The largest absolute Gasteiger partial charge is 0.497 e. The number of aromatic nitrogens is 3. The fraction of sp³-hybridized carbons (Fsp3) is 0.318. The van der Waals surface area contributed by atoms with Crippen LogP contribution >= 0.6 is 0 Å². The molecule has 2 N–H and O–H groups in total. The van der Waals surface area contributed by atoms with Gasteiger partial charge in [0.2, 0.25) is 0 Å². The van der Waals surface area contributed by atoms with Crippen molar-refractivity contribution in [1.82, 2.24) is 20.3 Å². The number of hydrogen-bond donors (Lipinski definition) is 2. The van der Waals surface area contributed by atoms with E-state index >= 15 is 0 Å². The van der Waals surface area contributed by atoms with E-state index in [0.29, 0.717) is 24.6 Å². The van der Waals surface area contributed by atoms with Crippen LogP contribution in [0.2, 0.25) is 0 Å². The van der Waals surface area contributed by atoms with E-state index < -0.39 is 0 Å². The zero-order valence-corrected chi connectivity index (χ0v) is 17.3. The molecule has 1 fully saturated rings. The topological polar surface area (TPSA) is 86.4 Å². The monoisotopic (exact) mass is 406 g/mol. The SMILES string of the molecule is CCc1ccc(Nc2n[nH]nc2C(=O)N2CCN(c3ccc(OC)cc3)CC2)cc1. The second-order valence-corrected chi connectivity index (χ2v) is 7.17. The van der Waals surface area contributed by atoms with Crippen LogP contribution in [0.5, 0.6) is 5.75 Å². The highest BCUT2D eigenvalue weighted by Gasteiger charge is 2.26. The highest BCUT2D eigenvalue weighted by Crippen LogP contribution is 2.22. The molecule has 4 rings (SSSR count). The quantitative estimate of drug-likeness (QED) is 0.654. The number of H-pyrrole nitrogens is 1. The Labute approximate surface area is 175 Å². The molecule has 0 radical (unpaired) electrons. The number of amides is 1. The lowest BCUT2D eigenvalue weighted by Gasteiger charge is -2.35. The van der Waals surface area contributed by atoms with Crippen LogP contribution in [0.25, 0.3) is 0 Å². The minimum atomic E-state index is -0.120. The van der Waals surface area contributed by atoms with Crippen LogP contribution in [-0.2, 0) is 6.42 Å². The van der Waals surface area contributed by atoms with Crippen molar-refractivity contribution in [3.05, 3.63) is 59.8 Å². The van der Waals surface area contributed by atoms with E-state index in [-0.39, 0.29) is 5.91 Å². The van der Waals surface area contributed by atoms with Crippen LogP contribution in [0.3, 0.4) is 0 Å². The molecule has 0 saturated carbocycles. The minimum Gasteiger partial charge on any atom is -0.497 e. The molecular weight excluding hydrogens is 380 g/mol. The molecule has 0 spiro atoms. The number of nitrogens with one attached hydrogen (secondary N) is 2. The van der Waals surface area contributed by atoms with E-state index in [1.54, 1.807) is 7.11 Å². The number of carbonyl (C=O) groups excluding carboxylic acids is 1. The highest BCUT2D eigenvalue weighted by molar-refractivity contribution is 5.97. The number of methoxy groups -OCH3 is 1. The Morgan fingerprint density at radius 1 is 1.03 bits per heavy atom. The van der Waals surface area contributed by atoms with Crippen molar-refractivity contribution in [3.8, 4) is 5.75 Å². The van der Waals surface area contributed by atoms with Gasteiger partial charge in [0.05, 0.1) is 7.11 Å². The van der Waals surface area contributed by atoms with Crippen LogP contribution in [0, 0.1) is 0 Å². The number of aromatic amines is 1. The average molecular weight is 406 g/mol. The molecule has 3 aromatic rings. The molecule has 8 nitrogen and oxygen atoms in total. The molecule has 0 bridgehead atoms. The number of nitrogens with zero attached hydrogens (tertiary/aromatic N) is 4. The number of aryl methyl sites for hydroxylation is 1. The number of piperazine rings is 1. The Morgan fingerprint density at radius 3 is 2.37 bits per heavy atom. The third-order valence-electron chi connectivity index (χ3n) is 5.38. The van der Waals surface area contributed by atoms with E-state index in [1.165, 1.54) is 5.56 Å². The van der Waals surface area contributed by atoms with Gasteiger partial charge in [-0.2, -0.15) is 5.21 Å². The lowest BCUT2D eigenvalue weighted by molar-refractivity contribution is 0.0742. The minimum absolute atomic E-state index is 0.120. The fourth-order valence-electron chi connectivity index (χ4n) is 3.54. The first-order valence-electron chi connectivity index (χ1n) is 10.1. The molecule has 0 unspecified atom stereocenters. The van der Waals surface area contributed by atoms with Crippen molar-refractivity contribution < 1.29 is 9.53 Å². The van der Waals surface area contributed by atoms with E-state index in [2.05, 4.69) is 44.7 Å². The first-order chi connectivity index (χ1) is 14.7. The summed E-state index contributed by atoms with van der Waals surface area (Å²) in [5, 5.41) is 14.0. The summed E-state index contributed by atoms with van der Waals surface area (Å²) in [5.74, 6) is 1.16. The Bertz CT molecular complexity index is 976. The lowest BCUT2D eigenvalue weighted by atomic mass is 10.1. The second-order valence-electron chi connectivity index (χ2n) is 7.17. The molecule has 1 amide bonds. The van der Waals surface area contributed by atoms with E-state index in [1.807, 2.05) is 41.3 Å². The van der Waals surface area contributed by atoms with Gasteiger partial charge >= 0.3 is 0 Å². The lowest BCUT2D eigenvalue weighted by Crippen LogP contribution is -2.49. The number of ether oxygens (including phenoxy) is 1. The van der Waals surface area contributed by atoms with Gasteiger partial charge in [-0.3, -0.25) is 4.79 Å². The molecule has 2 heterocycles. The van der Waals surface area contributed by atoms with Gasteiger partial charge in [0.1, 0.15) is 5.75 Å². The van der Waals surface area contributed by atoms with Crippen molar-refractivity contribution in [2.24, 2.45) is 0 Å². The standard InChI is InChI=1S/C22H26N6O2/c1-3-16-4-6-17(7-5-16)23-21-20(24-26-25-21)22(29)28-14-12-27(13-15-28)18-8-10-19(30-2)11-9-18/h4-11H,3,12-15H2,1-2H3,(H2,23,24,25,26). The van der Waals surface area contributed by atoms with Crippen molar-refractivity contribution in [2.45, 2.75) is 13.3 Å². The third kappa shape index (κ3) is 4.22. The Morgan fingerprint density at radius 2 is 1.73 bits per heavy atom. The Balaban J connectivity index is 1.39. The molecule has 1 saturated heterocycles. The molecule has 8 heteroatoms. The third-order valence-corrected chi connectivity index (χ3v) is 5.38. The molecule has 156 valence electrons. The first kappa shape index (κ1) is 19.8. The summed E-state index contributed by atoms with van der Waals surface area (Å²) in [4.78, 5) is 17.1. The number of hydrogen-bond acceptors (Lipinski definition) is 6. The molecular formula is C22H26N6O2. The van der Waals surface area contributed by atoms with Crippen LogP contribution < -0.4 is 15.0 Å². The van der Waals surface area contributed by atoms with Gasteiger partial charge in [-0.05, 0) is 48.4 Å². The maximum absolute atomic E-state index is 13.0. The Kier molecular flexibility index (Phi) is 5.83. The zero-order chi connectivity index (χ0) is 20.9. The molecule has 0 atom stereocenters. The molecule has 0 aliphatic carbocycles. The van der Waals surface area contributed by atoms with E-state index in [0.717, 1.165) is 36.6 Å². The first-order valence-corrected chi connectivity index (χ1v) is 10.1. The molecule has 2 aromatic carbocycles. The van der Waals surface area contributed by atoms with Crippen LogP contribution in [0.4, 0.5) is 17.2 Å². The number of benzene rings is 2.